The molecule has 0 aliphatic carbocycles. The van der Waals surface area contributed by atoms with Crippen molar-refractivity contribution in [1.82, 2.24) is 4.57 Å². The molecule has 4 aromatic carbocycles. The molecule has 4 heteroatoms. The molecule has 31 heavy (non-hydrogen) atoms. The molecule has 1 saturated heterocycles. The summed E-state index contributed by atoms with van der Waals surface area (Å²) in [5, 5.41) is 5.00. The van der Waals surface area contributed by atoms with E-state index in [9.17, 15) is 0 Å². The lowest BCUT2D eigenvalue weighted by Gasteiger charge is -2.21. The summed E-state index contributed by atoms with van der Waals surface area (Å²) in [7, 11) is -0.348. The normalized spacial score (nSPS) is 18.4. The van der Waals surface area contributed by atoms with Gasteiger partial charge in [-0.1, -0.05) is 60.7 Å². The molecule has 0 radical (unpaired) electrons. The molecule has 1 atom stereocenters. The van der Waals surface area contributed by atoms with E-state index >= 15 is 0 Å². The molecule has 1 aliphatic rings. The van der Waals surface area contributed by atoms with Crippen molar-refractivity contribution in [1.29, 1.82) is 0 Å². The molecule has 6 rings (SSSR count). The average molecular weight is 405 g/mol. The summed E-state index contributed by atoms with van der Waals surface area (Å²) >= 11 is 0. The van der Waals surface area contributed by atoms with Gasteiger partial charge in [0.1, 0.15) is 0 Å². The standard InChI is InChI=1S/C27H24BNO2/c1-18-27(2,3)31-28(30-18)20-14-16-24-23(17-20)26-22-12-8-7-9-19(22)13-15-25(26)29(24)21-10-5-4-6-11-21/h4-18H,1-3H3. The van der Waals surface area contributed by atoms with Crippen molar-refractivity contribution in [3.63, 3.8) is 0 Å². The lowest BCUT2D eigenvalue weighted by molar-refractivity contribution is 0.0842. The van der Waals surface area contributed by atoms with E-state index < -0.39 is 0 Å². The first-order valence-electron chi connectivity index (χ1n) is 10.9. The van der Waals surface area contributed by atoms with Gasteiger partial charge in [-0.25, -0.2) is 0 Å². The molecule has 0 amide bonds. The second-order valence-electron chi connectivity index (χ2n) is 8.96. The zero-order chi connectivity index (χ0) is 21.2. The van der Waals surface area contributed by atoms with Crippen molar-refractivity contribution in [3.8, 4) is 5.69 Å². The summed E-state index contributed by atoms with van der Waals surface area (Å²) in [4.78, 5) is 0. The van der Waals surface area contributed by atoms with Gasteiger partial charge in [-0.3, -0.25) is 0 Å². The maximum absolute atomic E-state index is 6.26. The van der Waals surface area contributed by atoms with Crippen molar-refractivity contribution in [2.75, 3.05) is 0 Å². The summed E-state index contributed by atoms with van der Waals surface area (Å²) in [5.41, 5.74) is 4.31. The third-order valence-corrected chi connectivity index (χ3v) is 6.68. The fourth-order valence-corrected chi connectivity index (χ4v) is 4.71. The predicted octanol–water partition coefficient (Wildman–Crippen LogP) is 5.85. The van der Waals surface area contributed by atoms with Gasteiger partial charge in [0.2, 0.25) is 0 Å². The summed E-state index contributed by atoms with van der Waals surface area (Å²) in [6.45, 7) is 6.25. The van der Waals surface area contributed by atoms with Crippen LogP contribution in [0.4, 0.5) is 0 Å². The topological polar surface area (TPSA) is 23.4 Å². The molecular weight excluding hydrogens is 381 g/mol. The Morgan fingerprint density at radius 3 is 2.32 bits per heavy atom. The van der Waals surface area contributed by atoms with Gasteiger partial charge in [0, 0.05) is 16.5 Å². The maximum Gasteiger partial charge on any atom is 0.494 e. The largest absolute Gasteiger partial charge is 0.494 e. The molecule has 1 aromatic heterocycles. The Morgan fingerprint density at radius 1 is 0.806 bits per heavy atom. The van der Waals surface area contributed by atoms with Gasteiger partial charge in [0.15, 0.2) is 0 Å². The minimum Gasteiger partial charge on any atom is -0.402 e. The Balaban J connectivity index is 1.67. The summed E-state index contributed by atoms with van der Waals surface area (Å²) in [6, 6.07) is 30.2. The second-order valence-corrected chi connectivity index (χ2v) is 8.96. The molecule has 152 valence electrons. The van der Waals surface area contributed by atoms with Crippen molar-refractivity contribution in [2.45, 2.75) is 32.5 Å². The van der Waals surface area contributed by atoms with Gasteiger partial charge in [-0.05, 0) is 61.3 Å². The second kappa shape index (κ2) is 6.71. The van der Waals surface area contributed by atoms with Crippen LogP contribution in [0.2, 0.25) is 0 Å². The van der Waals surface area contributed by atoms with Gasteiger partial charge in [0.25, 0.3) is 0 Å². The van der Waals surface area contributed by atoms with E-state index in [1.807, 2.05) is 0 Å². The predicted molar refractivity (Wildman–Crippen MR) is 129 cm³/mol. The third kappa shape index (κ3) is 2.83. The number of para-hydroxylation sites is 1. The molecule has 2 heterocycles. The first kappa shape index (κ1) is 18.7. The van der Waals surface area contributed by atoms with Gasteiger partial charge in [-0.2, -0.15) is 0 Å². The quantitative estimate of drug-likeness (QED) is 0.344. The molecule has 3 nitrogen and oxygen atoms in total. The zero-order valence-electron chi connectivity index (χ0n) is 18.0. The van der Waals surface area contributed by atoms with E-state index in [-0.39, 0.29) is 18.8 Å². The number of aromatic nitrogens is 1. The van der Waals surface area contributed by atoms with Gasteiger partial charge < -0.3 is 13.9 Å². The fourth-order valence-electron chi connectivity index (χ4n) is 4.71. The van der Waals surface area contributed by atoms with Crippen LogP contribution in [0.5, 0.6) is 0 Å². The highest BCUT2D eigenvalue weighted by atomic mass is 16.7. The number of hydrogen-bond acceptors (Lipinski definition) is 2. The van der Waals surface area contributed by atoms with Gasteiger partial charge in [-0.15, -0.1) is 0 Å². The summed E-state index contributed by atoms with van der Waals surface area (Å²) in [6.07, 6.45) is 0.0414. The Hall–Kier alpha value is -3.08. The minimum absolute atomic E-state index is 0.0414. The van der Waals surface area contributed by atoms with E-state index in [2.05, 4.69) is 110 Å². The van der Waals surface area contributed by atoms with Crippen LogP contribution in [0.25, 0.3) is 38.3 Å². The Bertz CT molecular complexity index is 1440. The van der Waals surface area contributed by atoms with Crippen molar-refractivity contribution >= 4 is 45.2 Å². The maximum atomic E-state index is 6.26. The smallest absolute Gasteiger partial charge is 0.402 e. The zero-order valence-corrected chi connectivity index (χ0v) is 18.0. The van der Waals surface area contributed by atoms with Crippen LogP contribution in [0, 0.1) is 0 Å². The Kier molecular flexibility index (Phi) is 4.04. The van der Waals surface area contributed by atoms with Gasteiger partial charge in [0.05, 0.1) is 22.7 Å². The molecule has 0 N–H and O–H groups in total. The monoisotopic (exact) mass is 405 g/mol. The van der Waals surface area contributed by atoms with Crippen LogP contribution in [-0.2, 0) is 9.31 Å². The molecule has 1 fully saturated rings. The summed E-state index contributed by atoms with van der Waals surface area (Å²) in [5.74, 6) is 0. The van der Waals surface area contributed by atoms with Gasteiger partial charge >= 0.3 is 7.12 Å². The lowest BCUT2D eigenvalue weighted by Crippen LogP contribution is -2.34. The van der Waals surface area contributed by atoms with Crippen LogP contribution >= 0.6 is 0 Å². The Morgan fingerprint density at radius 2 is 1.55 bits per heavy atom. The van der Waals surface area contributed by atoms with Crippen molar-refractivity contribution in [3.05, 3.63) is 84.9 Å². The molecule has 1 aliphatic heterocycles. The molecule has 0 spiro atoms. The van der Waals surface area contributed by atoms with Crippen LogP contribution in [0.3, 0.4) is 0 Å². The number of rotatable bonds is 2. The van der Waals surface area contributed by atoms with Crippen molar-refractivity contribution in [2.24, 2.45) is 0 Å². The number of benzene rings is 4. The van der Waals surface area contributed by atoms with Crippen LogP contribution in [0.15, 0.2) is 84.9 Å². The summed E-state index contributed by atoms with van der Waals surface area (Å²) < 4.78 is 14.8. The molecule has 1 unspecified atom stereocenters. The number of nitrogens with zero attached hydrogens (tertiary/aromatic N) is 1. The number of hydrogen-bond donors (Lipinski definition) is 0. The van der Waals surface area contributed by atoms with Crippen LogP contribution in [0.1, 0.15) is 20.8 Å². The third-order valence-electron chi connectivity index (χ3n) is 6.68. The lowest BCUT2D eigenvalue weighted by atomic mass is 9.78. The minimum atomic E-state index is -0.348. The first-order valence-corrected chi connectivity index (χ1v) is 10.9. The van der Waals surface area contributed by atoms with Crippen molar-refractivity contribution < 1.29 is 9.31 Å². The van der Waals surface area contributed by atoms with E-state index in [1.165, 1.54) is 32.6 Å². The van der Waals surface area contributed by atoms with E-state index in [4.69, 9.17) is 9.31 Å². The highest BCUT2D eigenvalue weighted by molar-refractivity contribution is 6.62. The Labute approximate surface area is 182 Å². The fraction of sp³-hybridized carbons (Fsp3) is 0.185. The van der Waals surface area contributed by atoms with E-state index in [1.54, 1.807) is 0 Å². The highest BCUT2D eigenvalue weighted by Gasteiger charge is 2.43. The average Bonchev–Trinajstić information content (AvgIpc) is 3.27. The molecule has 5 aromatic rings. The molecule has 0 bridgehead atoms. The first-order chi connectivity index (χ1) is 15.0. The molecular formula is C27H24BNO2. The van der Waals surface area contributed by atoms with Crippen LogP contribution in [-0.4, -0.2) is 23.4 Å². The SMILES string of the molecule is CC1OB(c2ccc3c(c2)c2c4ccccc4ccc2n3-c2ccccc2)OC1(C)C. The van der Waals surface area contributed by atoms with Crippen LogP contribution < -0.4 is 5.46 Å². The highest BCUT2D eigenvalue weighted by Crippen LogP contribution is 2.37. The van der Waals surface area contributed by atoms with E-state index in [0.717, 1.165) is 11.2 Å². The van der Waals surface area contributed by atoms with E-state index in [0.29, 0.717) is 0 Å². The molecule has 0 saturated carbocycles. The number of fused-ring (bicyclic) bond motifs is 5.